The first-order chi connectivity index (χ1) is 10.4. The van der Waals surface area contributed by atoms with Gasteiger partial charge in [0.15, 0.2) is 5.82 Å². The number of halogens is 3. The zero-order valence-corrected chi connectivity index (χ0v) is 11.7. The maximum atomic E-state index is 13.0. The van der Waals surface area contributed by atoms with Crippen LogP contribution in [0.5, 0.6) is 0 Å². The summed E-state index contributed by atoms with van der Waals surface area (Å²) in [5, 5.41) is 9.20. The van der Waals surface area contributed by atoms with Gasteiger partial charge in [-0.3, -0.25) is 9.89 Å². The van der Waals surface area contributed by atoms with Crippen LogP contribution in [0.2, 0.25) is 0 Å². The lowest BCUT2D eigenvalue weighted by Gasteiger charge is -2.12. The number of benzene rings is 1. The van der Waals surface area contributed by atoms with E-state index in [2.05, 4.69) is 15.5 Å². The number of hydrogen-bond acceptors (Lipinski definition) is 2. The van der Waals surface area contributed by atoms with Crippen LogP contribution in [0.3, 0.4) is 0 Å². The Balaban J connectivity index is 1.73. The minimum Gasteiger partial charge on any atom is -0.309 e. The Morgan fingerprint density at radius 3 is 2.73 bits per heavy atom. The number of hydrogen-bond donors (Lipinski definition) is 2. The van der Waals surface area contributed by atoms with E-state index in [4.69, 9.17) is 0 Å². The van der Waals surface area contributed by atoms with Gasteiger partial charge in [0, 0.05) is 17.7 Å². The van der Waals surface area contributed by atoms with Crippen LogP contribution in [0.4, 0.5) is 19.0 Å². The summed E-state index contributed by atoms with van der Waals surface area (Å²) >= 11 is 0. The largest absolute Gasteiger partial charge is 0.416 e. The molecule has 0 radical (unpaired) electrons. The zero-order valence-electron chi connectivity index (χ0n) is 11.7. The Morgan fingerprint density at radius 2 is 2.09 bits per heavy atom. The average molecular weight is 309 g/mol. The van der Waals surface area contributed by atoms with Crippen molar-refractivity contribution in [3.05, 3.63) is 47.2 Å². The second-order valence-corrected chi connectivity index (χ2v) is 5.46. The summed E-state index contributed by atoms with van der Waals surface area (Å²) in [6, 6.07) is 7.09. The van der Waals surface area contributed by atoms with Crippen molar-refractivity contribution < 1.29 is 18.0 Å². The molecule has 0 unspecified atom stereocenters. The number of aryl methyl sites for hydroxylation is 1. The molecule has 0 aliphatic heterocycles. The normalized spacial score (nSPS) is 20.7. The summed E-state index contributed by atoms with van der Waals surface area (Å²) in [5.74, 6) is -0.746. The highest BCUT2D eigenvalue weighted by molar-refractivity contribution is 5.94. The molecule has 1 aromatic carbocycles. The van der Waals surface area contributed by atoms with Crippen LogP contribution < -0.4 is 5.32 Å². The predicted octanol–water partition coefficient (Wildman–Crippen LogP) is 3.48. The fourth-order valence-corrected chi connectivity index (χ4v) is 2.61. The molecule has 4 nitrogen and oxygen atoms in total. The van der Waals surface area contributed by atoms with E-state index in [-0.39, 0.29) is 11.5 Å². The number of rotatable bonds is 3. The predicted molar refractivity (Wildman–Crippen MR) is 74.2 cm³/mol. The number of carbonyl (C=O) groups excluding carboxylic acids is 1. The van der Waals surface area contributed by atoms with Crippen molar-refractivity contribution >= 4 is 11.7 Å². The highest BCUT2D eigenvalue weighted by Gasteiger charge is 2.47. The van der Waals surface area contributed by atoms with Gasteiger partial charge in [-0.15, -0.1) is 0 Å². The molecule has 7 heteroatoms. The Morgan fingerprint density at radius 1 is 1.36 bits per heavy atom. The molecule has 22 heavy (non-hydrogen) atoms. The molecule has 1 fully saturated rings. The van der Waals surface area contributed by atoms with Crippen molar-refractivity contribution in [2.75, 3.05) is 5.32 Å². The van der Waals surface area contributed by atoms with Gasteiger partial charge in [-0.1, -0.05) is 18.2 Å². The monoisotopic (exact) mass is 309 g/mol. The van der Waals surface area contributed by atoms with Gasteiger partial charge >= 0.3 is 6.18 Å². The molecule has 2 atom stereocenters. The van der Waals surface area contributed by atoms with Crippen LogP contribution in [0, 0.1) is 12.8 Å². The van der Waals surface area contributed by atoms with Crippen LogP contribution in [0.25, 0.3) is 0 Å². The number of nitrogens with zero attached hydrogens (tertiary/aromatic N) is 1. The molecule has 1 aliphatic rings. The average Bonchev–Trinajstić information content (AvgIpc) is 3.15. The second kappa shape index (κ2) is 5.15. The topological polar surface area (TPSA) is 57.8 Å². The van der Waals surface area contributed by atoms with Crippen LogP contribution in [-0.2, 0) is 11.0 Å². The molecular weight excluding hydrogens is 295 g/mol. The van der Waals surface area contributed by atoms with E-state index in [0.717, 1.165) is 11.8 Å². The molecule has 116 valence electrons. The molecule has 0 spiro atoms. The lowest BCUT2D eigenvalue weighted by Crippen LogP contribution is -2.16. The van der Waals surface area contributed by atoms with Crippen LogP contribution in [0.15, 0.2) is 30.3 Å². The lowest BCUT2D eigenvalue weighted by molar-refractivity contribution is -0.138. The molecule has 2 N–H and O–H groups in total. The first-order valence-electron chi connectivity index (χ1n) is 6.85. The molecule has 1 aliphatic carbocycles. The van der Waals surface area contributed by atoms with E-state index in [1.54, 1.807) is 19.1 Å². The summed E-state index contributed by atoms with van der Waals surface area (Å²) < 4.78 is 39.0. The molecule has 1 heterocycles. The van der Waals surface area contributed by atoms with E-state index < -0.39 is 23.6 Å². The van der Waals surface area contributed by atoms with Gasteiger partial charge in [0.05, 0.1) is 5.56 Å². The summed E-state index contributed by atoms with van der Waals surface area (Å²) in [6.45, 7) is 1.79. The van der Waals surface area contributed by atoms with Gasteiger partial charge in [-0.05, 0) is 30.9 Å². The summed E-state index contributed by atoms with van der Waals surface area (Å²) in [5.41, 5.74) is 0.323. The van der Waals surface area contributed by atoms with E-state index >= 15 is 0 Å². The Kier molecular flexibility index (Phi) is 3.42. The summed E-state index contributed by atoms with van der Waals surface area (Å²) in [6.07, 6.45) is -3.98. The second-order valence-electron chi connectivity index (χ2n) is 5.46. The molecule has 2 aromatic rings. The molecule has 0 bridgehead atoms. The number of H-pyrrole nitrogens is 1. The Labute approximate surface area is 124 Å². The molecule has 0 saturated heterocycles. The fourth-order valence-electron chi connectivity index (χ4n) is 2.61. The summed E-state index contributed by atoms with van der Waals surface area (Å²) in [4.78, 5) is 12.1. The Bertz CT molecular complexity index is 708. The first-order valence-corrected chi connectivity index (χ1v) is 6.85. The highest BCUT2D eigenvalue weighted by Crippen LogP contribution is 2.51. The van der Waals surface area contributed by atoms with Gasteiger partial charge in [-0.25, -0.2) is 0 Å². The minimum atomic E-state index is -4.40. The smallest absolute Gasteiger partial charge is 0.309 e. The van der Waals surface area contributed by atoms with Crippen molar-refractivity contribution in [2.24, 2.45) is 5.92 Å². The molecule has 3 rings (SSSR count). The van der Waals surface area contributed by atoms with Crippen molar-refractivity contribution in [3.8, 4) is 0 Å². The molecule has 1 saturated carbocycles. The number of alkyl halides is 3. The third-order valence-corrected chi connectivity index (χ3v) is 3.75. The van der Waals surface area contributed by atoms with Crippen LogP contribution >= 0.6 is 0 Å². The highest BCUT2D eigenvalue weighted by atomic mass is 19.4. The van der Waals surface area contributed by atoms with Crippen molar-refractivity contribution in [1.29, 1.82) is 0 Å². The standard InChI is InChI=1S/C15H14F3N3O/c1-8-6-13(21-20-8)19-14(22)11-7-10(11)9-4-2-3-5-12(9)15(16,17)18/h2-6,10-11H,7H2,1H3,(H2,19,20,21,22)/t10-,11+/m0/s1. The Hall–Kier alpha value is -2.31. The van der Waals surface area contributed by atoms with E-state index in [9.17, 15) is 18.0 Å². The third kappa shape index (κ3) is 2.84. The van der Waals surface area contributed by atoms with E-state index in [1.165, 1.54) is 12.1 Å². The minimum absolute atomic E-state index is 0.188. The fraction of sp³-hybridized carbons (Fsp3) is 0.333. The molecule has 1 amide bonds. The number of aromatic amines is 1. The van der Waals surface area contributed by atoms with Gasteiger partial charge in [0.1, 0.15) is 0 Å². The zero-order chi connectivity index (χ0) is 15.9. The lowest BCUT2D eigenvalue weighted by atomic mass is 10.0. The SMILES string of the molecule is Cc1cc(NC(=O)[C@@H]2C[C@H]2c2ccccc2C(F)(F)F)n[nH]1. The van der Waals surface area contributed by atoms with Crippen molar-refractivity contribution in [2.45, 2.75) is 25.4 Å². The van der Waals surface area contributed by atoms with Crippen LogP contribution in [0.1, 0.15) is 29.2 Å². The van der Waals surface area contributed by atoms with Crippen molar-refractivity contribution in [1.82, 2.24) is 10.2 Å². The number of anilines is 1. The molecular formula is C15H14F3N3O. The third-order valence-electron chi connectivity index (χ3n) is 3.75. The first kappa shape index (κ1) is 14.6. The van der Waals surface area contributed by atoms with Gasteiger partial charge < -0.3 is 5.32 Å². The number of carbonyl (C=O) groups is 1. The quantitative estimate of drug-likeness (QED) is 0.912. The number of amides is 1. The van der Waals surface area contributed by atoms with Crippen molar-refractivity contribution in [3.63, 3.8) is 0 Å². The van der Waals surface area contributed by atoms with E-state index in [1.807, 2.05) is 0 Å². The summed E-state index contributed by atoms with van der Waals surface area (Å²) in [7, 11) is 0. The van der Waals surface area contributed by atoms with Gasteiger partial charge in [-0.2, -0.15) is 18.3 Å². The molecule has 1 aromatic heterocycles. The maximum absolute atomic E-state index is 13.0. The van der Waals surface area contributed by atoms with E-state index in [0.29, 0.717) is 12.2 Å². The maximum Gasteiger partial charge on any atom is 0.416 e. The number of nitrogens with one attached hydrogen (secondary N) is 2. The van der Waals surface area contributed by atoms with Gasteiger partial charge in [0.2, 0.25) is 5.91 Å². The number of aromatic nitrogens is 2. The van der Waals surface area contributed by atoms with Crippen LogP contribution in [-0.4, -0.2) is 16.1 Å². The van der Waals surface area contributed by atoms with Gasteiger partial charge in [0.25, 0.3) is 0 Å².